The summed E-state index contributed by atoms with van der Waals surface area (Å²) in [6.07, 6.45) is 0.572. The fourth-order valence-corrected chi connectivity index (χ4v) is 2.50. The molecule has 0 aliphatic carbocycles. The second kappa shape index (κ2) is 5.03. The van der Waals surface area contributed by atoms with E-state index in [4.69, 9.17) is 5.73 Å². The number of halogens is 2. The molecule has 0 bridgehead atoms. The van der Waals surface area contributed by atoms with E-state index in [-0.39, 0.29) is 11.9 Å². The number of thiazole rings is 1. The molecule has 0 radical (unpaired) electrons. The SMILES string of the molecule is NC(Cc1cccc(F)c1Br)c1cscn1. The molecule has 1 unspecified atom stereocenters. The van der Waals surface area contributed by atoms with Crippen molar-refractivity contribution in [2.75, 3.05) is 0 Å². The van der Waals surface area contributed by atoms with Crippen LogP contribution in [0.1, 0.15) is 17.3 Å². The third kappa shape index (κ3) is 2.48. The molecule has 2 rings (SSSR count). The van der Waals surface area contributed by atoms with Crippen molar-refractivity contribution in [3.8, 4) is 0 Å². The second-order valence-electron chi connectivity index (χ2n) is 3.44. The van der Waals surface area contributed by atoms with Crippen molar-refractivity contribution in [3.63, 3.8) is 0 Å². The first-order valence-corrected chi connectivity index (χ1v) is 6.48. The van der Waals surface area contributed by atoms with Crippen LogP contribution in [0.25, 0.3) is 0 Å². The number of hydrogen-bond acceptors (Lipinski definition) is 3. The minimum atomic E-state index is -0.261. The average Bonchev–Trinajstić information content (AvgIpc) is 2.78. The average molecular weight is 301 g/mol. The van der Waals surface area contributed by atoms with E-state index in [1.807, 2.05) is 11.4 Å². The Kier molecular flexibility index (Phi) is 3.68. The molecule has 0 aliphatic heterocycles. The topological polar surface area (TPSA) is 38.9 Å². The first kappa shape index (κ1) is 11.7. The minimum absolute atomic E-state index is 0.190. The first-order chi connectivity index (χ1) is 7.68. The second-order valence-corrected chi connectivity index (χ2v) is 4.95. The molecular formula is C11H10BrFN2S. The largest absolute Gasteiger partial charge is 0.322 e. The summed E-state index contributed by atoms with van der Waals surface area (Å²) in [4.78, 5) is 4.15. The number of rotatable bonds is 3. The number of nitrogens with zero attached hydrogens (tertiary/aromatic N) is 1. The zero-order valence-electron chi connectivity index (χ0n) is 8.36. The fourth-order valence-electron chi connectivity index (χ4n) is 1.45. The Morgan fingerprint density at radius 2 is 2.31 bits per heavy atom. The smallest absolute Gasteiger partial charge is 0.137 e. The summed E-state index contributed by atoms with van der Waals surface area (Å²) in [6.45, 7) is 0. The maximum atomic E-state index is 13.3. The summed E-state index contributed by atoms with van der Waals surface area (Å²) in [6, 6.07) is 4.77. The molecule has 1 heterocycles. The van der Waals surface area contributed by atoms with E-state index in [0.29, 0.717) is 10.9 Å². The van der Waals surface area contributed by atoms with Crippen LogP contribution >= 0.6 is 27.3 Å². The Morgan fingerprint density at radius 3 is 3.00 bits per heavy atom. The quantitative estimate of drug-likeness (QED) is 0.945. The Balaban J connectivity index is 2.18. The van der Waals surface area contributed by atoms with Crippen molar-refractivity contribution in [1.82, 2.24) is 4.98 Å². The maximum Gasteiger partial charge on any atom is 0.137 e. The number of aromatic nitrogens is 1. The number of hydrogen-bond donors (Lipinski definition) is 1. The molecule has 5 heteroatoms. The predicted octanol–water partition coefficient (Wildman–Crippen LogP) is 3.29. The molecule has 0 amide bonds. The summed E-state index contributed by atoms with van der Waals surface area (Å²) in [5.74, 6) is -0.261. The van der Waals surface area contributed by atoms with Gasteiger partial charge < -0.3 is 5.73 Å². The summed E-state index contributed by atoms with van der Waals surface area (Å²) in [5, 5.41) is 1.91. The van der Waals surface area contributed by atoms with Gasteiger partial charge in [-0.2, -0.15) is 0 Å². The monoisotopic (exact) mass is 300 g/mol. The molecule has 16 heavy (non-hydrogen) atoms. The fraction of sp³-hybridized carbons (Fsp3) is 0.182. The molecule has 2 nitrogen and oxygen atoms in total. The lowest BCUT2D eigenvalue weighted by Crippen LogP contribution is -2.14. The Labute approximate surface area is 105 Å². The van der Waals surface area contributed by atoms with Crippen molar-refractivity contribution in [2.24, 2.45) is 5.73 Å². The predicted molar refractivity (Wildman–Crippen MR) is 66.8 cm³/mol. The molecular weight excluding hydrogens is 291 g/mol. The minimum Gasteiger partial charge on any atom is -0.322 e. The maximum absolute atomic E-state index is 13.3. The molecule has 1 aromatic heterocycles. The van der Waals surface area contributed by atoms with Gasteiger partial charge in [0.25, 0.3) is 0 Å². The standard InChI is InChI=1S/C11H10BrFN2S/c12-11-7(2-1-3-8(11)13)4-9(14)10-5-16-6-15-10/h1-3,5-6,9H,4,14H2. The van der Waals surface area contributed by atoms with E-state index in [0.717, 1.165) is 11.3 Å². The Morgan fingerprint density at radius 1 is 1.50 bits per heavy atom. The molecule has 0 aliphatic rings. The van der Waals surface area contributed by atoms with Gasteiger partial charge in [0, 0.05) is 5.38 Å². The third-order valence-corrected chi connectivity index (χ3v) is 3.80. The van der Waals surface area contributed by atoms with Crippen molar-refractivity contribution < 1.29 is 4.39 Å². The van der Waals surface area contributed by atoms with Gasteiger partial charge in [-0.1, -0.05) is 12.1 Å². The van der Waals surface area contributed by atoms with Gasteiger partial charge in [-0.25, -0.2) is 9.37 Å². The first-order valence-electron chi connectivity index (χ1n) is 4.75. The summed E-state index contributed by atoms with van der Waals surface area (Å²) < 4.78 is 13.8. The van der Waals surface area contributed by atoms with Crippen LogP contribution in [0.3, 0.4) is 0 Å². The molecule has 84 valence electrons. The van der Waals surface area contributed by atoms with Gasteiger partial charge >= 0.3 is 0 Å². The lowest BCUT2D eigenvalue weighted by molar-refractivity contribution is 0.613. The van der Waals surface area contributed by atoms with E-state index in [9.17, 15) is 4.39 Å². The number of benzene rings is 1. The van der Waals surface area contributed by atoms with Crippen molar-refractivity contribution in [3.05, 3.63) is 50.6 Å². The van der Waals surface area contributed by atoms with E-state index < -0.39 is 0 Å². The molecule has 2 N–H and O–H groups in total. The molecule has 2 aromatic rings. The molecule has 1 atom stereocenters. The van der Waals surface area contributed by atoms with Crippen LogP contribution in [-0.2, 0) is 6.42 Å². The Hall–Kier alpha value is -0.780. The third-order valence-electron chi connectivity index (χ3n) is 2.30. The zero-order chi connectivity index (χ0) is 11.5. The zero-order valence-corrected chi connectivity index (χ0v) is 10.8. The molecule has 1 aromatic carbocycles. The van der Waals surface area contributed by atoms with E-state index >= 15 is 0 Å². The Bertz CT molecular complexity index is 473. The van der Waals surface area contributed by atoms with Gasteiger partial charge in [-0.3, -0.25) is 0 Å². The van der Waals surface area contributed by atoms with Gasteiger partial charge in [0.1, 0.15) is 5.82 Å². The van der Waals surface area contributed by atoms with Crippen LogP contribution in [0.15, 0.2) is 33.6 Å². The number of nitrogens with two attached hydrogens (primary N) is 1. The highest BCUT2D eigenvalue weighted by atomic mass is 79.9. The van der Waals surface area contributed by atoms with Crippen LogP contribution in [0.5, 0.6) is 0 Å². The summed E-state index contributed by atoms with van der Waals surface area (Å²) >= 11 is 4.73. The highest BCUT2D eigenvalue weighted by molar-refractivity contribution is 9.10. The van der Waals surface area contributed by atoms with E-state index in [2.05, 4.69) is 20.9 Å². The van der Waals surface area contributed by atoms with Gasteiger partial charge in [-0.15, -0.1) is 11.3 Å². The van der Waals surface area contributed by atoms with Crippen molar-refractivity contribution in [1.29, 1.82) is 0 Å². The van der Waals surface area contributed by atoms with Gasteiger partial charge in [0.2, 0.25) is 0 Å². The normalized spacial score (nSPS) is 12.7. The highest BCUT2D eigenvalue weighted by Gasteiger charge is 2.12. The van der Waals surface area contributed by atoms with Gasteiger partial charge in [-0.05, 0) is 34.0 Å². The molecule has 0 spiro atoms. The van der Waals surface area contributed by atoms with Crippen LogP contribution in [-0.4, -0.2) is 4.98 Å². The van der Waals surface area contributed by atoms with Crippen LogP contribution < -0.4 is 5.73 Å². The molecule has 0 saturated carbocycles. The van der Waals surface area contributed by atoms with Gasteiger partial charge in [0.15, 0.2) is 0 Å². The van der Waals surface area contributed by atoms with Crippen LogP contribution in [0, 0.1) is 5.82 Å². The highest BCUT2D eigenvalue weighted by Crippen LogP contribution is 2.24. The van der Waals surface area contributed by atoms with E-state index in [1.54, 1.807) is 11.6 Å². The lowest BCUT2D eigenvalue weighted by atomic mass is 10.0. The van der Waals surface area contributed by atoms with Gasteiger partial charge in [0.05, 0.1) is 21.7 Å². The molecule has 0 saturated heterocycles. The summed E-state index contributed by atoms with van der Waals surface area (Å²) in [7, 11) is 0. The lowest BCUT2D eigenvalue weighted by Gasteiger charge is -2.10. The molecule has 0 fully saturated rings. The van der Waals surface area contributed by atoms with Crippen molar-refractivity contribution in [2.45, 2.75) is 12.5 Å². The van der Waals surface area contributed by atoms with Crippen molar-refractivity contribution >= 4 is 27.3 Å². The van der Waals surface area contributed by atoms with Crippen LogP contribution in [0.4, 0.5) is 4.39 Å². The van der Waals surface area contributed by atoms with E-state index in [1.165, 1.54) is 17.4 Å². The van der Waals surface area contributed by atoms with Crippen LogP contribution in [0.2, 0.25) is 0 Å². The summed E-state index contributed by atoms with van der Waals surface area (Å²) in [5.41, 5.74) is 9.45.